The normalized spacial score (nSPS) is 11.4. The topological polar surface area (TPSA) is 59.0 Å². The number of nitrogens with zero attached hydrogens (tertiary/aromatic N) is 2. The largest absolute Gasteiger partial charge is 0.468 e. The number of hydrogen-bond acceptors (Lipinski definition) is 4. The number of carbonyl (C=O) groups excluding carboxylic acids is 1. The maximum Gasteiger partial charge on any atom is 0.293 e. The summed E-state index contributed by atoms with van der Waals surface area (Å²) < 4.78 is 4.69. The fourth-order valence-corrected chi connectivity index (χ4v) is 4.06. The first-order chi connectivity index (χ1) is 16.8. The Morgan fingerprint density at radius 2 is 1.09 bits per heavy atom. The van der Waals surface area contributed by atoms with Crippen LogP contribution in [0.4, 0.5) is 0 Å². The van der Waals surface area contributed by atoms with E-state index >= 15 is 0 Å². The molecule has 0 saturated carbocycles. The van der Waals surface area contributed by atoms with Crippen molar-refractivity contribution in [1.29, 1.82) is 0 Å². The van der Waals surface area contributed by atoms with Crippen molar-refractivity contribution in [3.63, 3.8) is 0 Å². The Balaban J connectivity index is 3.36. The summed E-state index contributed by atoms with van der Waals surface area (Å²) in [4.78, 5) is 21.1. The van der Waals surface area contributed by atoms with Crippen LogP contribution in [0.1, 0.15) is 135 Å². The van der Waals surface area contributed by atoms with Gasteiger partial charge in [0.05, 0.1) is 11.9 Å². The van der Waals surface area contributed by atoms with E-state index in [9.17, 15) is 9.70 Å². The van der Waals surface area contributed by atoms with Gasteiger partial charge in [0, 0.05) is 13.1 Å². The molecule has 0 unspecified atom stereocenters. The predicted octanol–water partition coefficient (Wildman–Crippen LogP) is 9.08. The van der Waals surface area contributed by atoms with E-state index in [4.69, 9.17) is 0 Å². The zero-order valence-corrected chi connectivity index (χ0v) is 22.3. The molecule has 0 spiro atoms. The average molecular weight is 479 g/mol. The van der Waals surface area contributed by atoms with E-state index in [1.807, 2.05) is 0 Å². The first-order valence-corrected chi connectivity index (χ1v) is 14.3. The van der Waals surface area contributed by atoms with Gasteiger partial charge in [-0.15, -0.1) is 4.91 Å². The van der Waals surface area contributed by atoms with Crippen molar-refractivity contribution in [2.24, 2.45) is 5.29 Å². The summed E-state index contributed by atoms with van der Waals surface area (Å²) in [5.74, 6) is 0. The smallest absolute Gasteiger partial charge is 0.293 e. The molecule has 0 saturated heterocycles. The molecule has 0 amide bonds. The zero-order valence-electron chi connectivity index (χ0n) is 22.3. The second-order valence-corrected chi connectivity index (χ2v) is 9.42. The van der Waals surface area contributed by atoms with E-state index in [1.165, 1.54) is 96.3 Å². The number of nitroso groups, excluding NO2 is 1. The second kappa shape index (κ2) is 29.4. The van der Waals surface area contributed by atoms with Gasteiger partial charge in [-0.1, -0.05) is 108 Å². The molecule has 0 radical (unpaired) electrons. The molecular weight excluding hydrogens is 424 g/mol. The lowest BCUT2D eigenvalue weighted by Gasteiger charge is -2.14. The summed E-state index contributed by atoms with van der Waals surface area (Å²) in [5, 5.41) is 4.93. The standard InChI is InChI=1S/C29H54N2O3/c1-2-3-4-5-6-7-8-9-10-11-12-13-14-17-20-23-26-31(30-33)27-24-21-18-15-16-19-22-25-28-34-29-32/h6-7,9-10,29H,2-5,8,11-28H2,1H3/b7-6-,10-9-. The quantitative estimate of drug-likeness (QED) is 0.0370. The van der Waals surface area contributed by atoms with Gasteiger partial charge in [-0.2, -0.15) is 0 Å². The summed E-state index contributed by atoms with van der Waals surface area (Å²) in [6.07, 6.45) is 33.4. The van der Waals surface area contributed by atoms with Crippen molar-refractivity contribution in [3.05, 3.63) is 29.2 Å². The molecule has 0 heterocycles. The van der Waals surface area contributed by atoms with Crippen LogP contribution >= 0.6 is 0 Å². The highest BCUT2D eigenvalue weighted by atomic mass is 16.5. The molecule has 0 aliphatic carbocycles. The Morgan fingerprint density at radius 3 is 1.59 bits per heavy atom. The van der Waals surface area contributed by atoms with Crippen molar-refractivity contribution >= 4 is 6.47 Å². The summed E-state index contributed by atoms with van der Waals surface area (Å²) in [6.45, 7) is 4.92. The minimum Gasteiger partial charge on any atom is -0.468 e. The number of carbonyl (C=O) groups is 1. The Kier molecular flexibility index (Phi) is 28.0. The molecule has 0 bridgehead atoms. The van der Waals surface area contributed by atoms with Gasteiger partial charge in [0.15, 0.2) is 0 Å². The third-order valence-electron chi connectivity index (χ3n) is 6.23. The van der Waals surface area contributed by atoms with E-state index in [2.05, 4.69) is 41.3 Å². The number of hydrogen-bond donors (Lipinski definition) is 0. The molecule has 0 aliphatic rings. The maximum absolute atomic E-state index is 11.0. The van der Waals surface area contributed by atoms with Gasteiger partial charge in [0.2, 0.25) is 0 Å². The third kappa shape index (κ3) is 26.6. The van der Waals surface area contributed by atoms with Crippen molar-refractivity contribution < 1.29 is 9.53 Å². The van der Waals surface area contributed by atoms with E-state index in [1.54, 1.807) is 5.01 Å². The molecule has 0 N–H and O–H groups in total. The molecule has 5 heteroatoms. The molecule has 0 aliphatic heterocycles. The summed E-state index contributed by atoms with van der Waals surface area (Å²) in [5.41, 5.74) is 0. The van der Waals surface area contributed by atoms with E-state index in [0.717, 1.165) is 45.2 Å². The van der Waals surface area contributed by atoms with Crippen molar-refractivity contribution in [2.45, 2.75) is 135 Å². The van der Waals surface area contributed by atoms with Crippen LogP contribution in [0.2, 0.25) is 0 Å². The first kappa shape index (κ1) is 32.4. The van der Waals surface area contributed by atoms with Crippen molar-refractivity contribution in [1.82, 2.24) is 5.01 Å². The monoisotopic (exact) mass is 478 g/mol. The Bertz CT molecular complexity index is 480. The Hall–Kier alpha value is -1.65. The summed E-state index contributed by atoms with van der Waals surface area (Å²) in [6, 6.07) is 0. The van der Waals surface area contributed by atoms with Gasteiger partial charge in [0.25, 0.3) is 6.47 Å². The fraction of sp³-hybridized carbons (Fsp3) is 0.828. The van der Waals surface area contributed by atoms with Crippen LogP contribution in [0.5, 0.6) is 0 Å². The van der Waals surface area contributed by atoms with E-state index in [0.29, 0.717) is 13.1 Å². The lowest BCUT2D eigenvalue weighted by atomic mass is 10.1. The molecule has 198 valence electrons. The van der Waals surface area contributed by atoms with Crippen LogP contribution in [-0.2, 0) is 9.53 Å². The van der Waals surface area contributed by atoms with Crippen LogP contribution in [0.3, 0.4) is 0 Å². The minimum absolute atomic E-state index is 0.522. The fourth-order valence-electron chi connectivity index (χ4n) is 4.06. The second-order valence-electron chi connectivity index (χ2n) is 9.42. The molecule has 0 fully saturated rings. The SMILES string of the molecule is CCCCC/C=C\C/C=C\CCCCCCCCN(CCCCCCCCCCOC=O)N=O. The third-order valence-corrected chi connectivity index (χ3v) is 6.23. The van der Waals surface area contributed by atoms with Crippen LogP contribution in [0.25, 0.3) is 0 Å². The molecule has 0 aromatic rings. The van der Waals surface area contributed by atoms with Crippen LogP contribution in [0.15, 0.2) is 29.6 Å². The Morgan fingerprint density at radius 1 is 0.618 bits per heavy atom. The summed E-state index contributed by atoms with van der Waals surface area (Å²) in [7, 11) is 0. The average Bonchev–Trinajstić information content (AvgIpc) is 2.85. The first-order valence-electron chi connectivity index (χ1n) is 14.3. The number of rotatable bonds is 28. The van der Waals surface area contributed by atoms with Gasteiger partial charge in [-0.25, -0.2) is 0 Å². The molecular formula is C29H54N2O3. The van der Waals surface area contributed by atoms with Gasteiger partial charge in [-0.05, 0) is 51.4 Å². The minimum atomic E-state index is 0.522. The van der Waals surface area contributed by atoms with Crippen molar-refractivity contribution in [2.75, 3.05) is 19.7 Å². The van der Waals surface area contributed by atoms with Gasteiger partial charge >= 0.3 is 0 Å². The van der Waals surface area contributed by atoms with Crippen LogP contribution in [-0.4, -0.2) is 31.2 Å². The molecule has 0 aromatic carbocycles. The molecule has 5 nitrogen and oxygen atoms in total. The van der Waals surface area contributed by atoms with Crippen LogP contribution in [0, 0.1) is 4.91 Å². The predicted molar refractivity (Wildman–Crippen MR) is 146 cm³/mol. The number of unbranched alkanes of at least 4 members (excludes halogenated alkanes) is 16. The van der Waals surface area contributed by atoms with Gasteiger partial charge < -0.3 is 4.74 Å². The zero-order chi connectivity index (χ0) is 24.8. The molecule has 0 rings (SSSR count). The maximum atomic E-state index is 11.0. The number of ether oxygens (including phenoxy) is 1. The Labute approximate surface area is 210 Å². The van der Waals surface area contributed by atoms with Gasteiger partial charge in [0.1, 0.15) is 0 Å². The van der Waals surface area contributed by atoms with E-state index in [-0.39, 0.29) is 0 Å². The van der Waals surface area contributed by atoms with E-state index < -0.39 is 0 Å². The van der Waals surface area contributed by atoms with Crippen molar-refractivity contribution in [3.8, 4) is 0 Å². The highest BCUT2D eigenvalue weighted by molar-refractivity contribution is 5.36. The molecule has 0 aromatic heterocycles. The summed E-state index contributed by atoms with van der Waals surface area (Å²) >= 11 is 0. The van der Waals surface area contributed by atoms with Gasteiger partial charge in [-0.3, -0.25) is 9.80 Å². The molecule has 0 atom stereocenters. The lowest BCUT2D eigenvalue weighted by molar-refractivity contribution is -0.128. The number of allylic oxidation sites excluding steroid dienone is 4. The molecule has 34 heavy (non-hydrogen) atoms. The highest BCUT2D eigenvalue weighted by Gasteiger charge is 2.02. The highest BCUT2D eigenvalue weighted by Crippen LogP contribution is 2.11. The van der Waals surface area contributed by atoms with Crippen LogP contribution < -0.4 is 0 Å². The lowest BCUT2D eigenvalue weighted by Crippen LogP contribution is -2.19.